The molecule has 134 valence electrons. The van der Waals surface area contributed by atoms with E-state index >= 15 is 0 Å². The third-order valence-electron chi connectivity index (χ3n) is 4.28. The van der Waals surface area contributed by atoms with Gasteiger partial charge in [0.05, 0.1) is 19.6 Å². The SMILES string of the molecule is COC(=O)CC(NC(=O)C1CCC(N)C1)c1ccc(SC)cc1.Cl. The van der Waals surface area contributed by atoms with E-state index in [1.165, 1.54) is 7.11 Å². The standard InChI is InChI=1S/C17H24N2O3S.ClH/c1-22-16(20)10-15(11-4-7-14(23-2)8-5-11)19-17(21)12-3-6-13(18)9-12;/h4-5,7-8,12-13,15H,3,6,9-10,18H2,1-2H3,(H,19,21);1H. The van der Waals surface area contributed by atoms with E-state index in [0.29, 0.717) is 6.42 Å². The van der Waals surface area contributed by atoms with Crippen molar-refractivity contribution in [3.05, 3.63) is 29.8 Å². The summed E-state index contributed by atoms with van der Waals surface area (Å²) in [6.45, 7) is 0. The lowest BCUT2D eigenvalue weighted by molar-refractivity contribution is -0.141. The molecule has 1 aromatic carbocycles. The molecule has 1 aliphatic carbocycles. The van der Waals surface area contributed by atoms with Gasteiger partial charge >= 0.3 is 5.97 Å². The second kappa shape index (κ2) is 9.91. The van der Waals surface area contributed by atoms with Crippen molar-refractivity contribution < 1.29 is 14.3 Å². The van der Waals surface area contributed by atoms with Gasteiger partial charge in [0.2, 0.25) is 5.91 Å². The zero-order chi connectivity index (χ0) is 16.8. The highest BCUT2D eigenvalue weighted by atomic mass is 35.5. The van der Waals surface area contributed by atoms with E-state index in [2.05, 4.69) is 5.32 Å². The Bertz CT molecular complexity index is 553. The van der Waals surface area contributed by atoms with Gasteiger partial charge in [0.15, 0.2) is 0 Å². The minimum Gasteiger partial charge on any atom is -0.469 e. The summed E-state index contributed by atoms with van der Waals surface area (Å²) in [6.07, 6.45) is 4.53. The van der Waals surface area contributed by atoms with Gasteiger partial charge in [0.1, 0.15) is 0 Å². The zero-order valence-corrected chi connectivity index (χ0v) is 15.6. The normalized spacial score (nSPS) is 20.8. The number of rotatable bonds is 6. The number of esters is 1. The maximum absolute atomic E-state index is 12.4. The molecular formula is C17H25ClN2O3S. The van der Waals surface area contributed by atoms with Crippen molar-refractivity contribution in [2.24, 2.45) is 11.7 Å². The van der Waals surface area contributed by atoms with E-state index in [-0.39, 0.29) is 48.7 Å². The van der Waals surface area contributed by atoms with Crippen LogP contribution in [0.5, 0.6) is 0 Å². The maximum Gasteiger partial charge on any atom is 0.307 e. The predicted octanol–water partition coefficient (Wildman–Crippen LogP) is 2.68. The van der Waals surface area contributed by atoms with Crippen molar-refractivity contribution in [1.82, 2.24) is 5.32 Å². The summed E-state index contributed by atoms with van der Waals surface area (Å²) < 4.78 is 4.76. The first kappa shape index (κ1) is 20.8. The Morgan fingerprint density at radius 1 is 1.33 bits per heavy atom. The molecule has 3 N–H and O–H groups in total. The lowest BCUT2D eigenvalue weighted by Crippen LogP contribution is -2.35. The quantitative estimate of drug-likeness (QED) is 0.592. The van der Waals surface area contributed by atoms with Crippen molar-refractivity contribution in [3.8, 4) is 0 Å². The molecule has 5 nitrogen and oxygen atoms in total. The van der Waals surface area contributed by atoms with Gasteiger partial charge in [-0.2, -0.15) is 0 Å². The van der Waals surface area contributed by atoms with Crippen LogP contribution in [0, 0.1) is 5.92 Å². The lowest BCUT2D eigenvalue weighted by Gasteiger charge is -2.21. The number of halogens is 1. The lowest BCUT2D eigenvalue weighted by atomic mass is 10.0. The van der Waals surface area contributed by atoms with E-state index in [9.17, 15) is 9.59 Å². The van der Waals surface area contributed by atoms with Crippen LogP contribution in [0.1, 0.15) is 37.3 Å². The van der Waals surface area contributed by atoms with Gasteiger partial charge in [0.25, 0.3) is 0 Å². The second-order valence-electron chi connectivity index (χ2n) is 5.88. The number of amides is 1. The minimum absolute atomic E-state index is 0. The number of hydrogen-bond acceptors (Lipinski definition) is 5. The summed E-state index contributed by atoms with van der Waals surface area (Å²) in [5, 5.41) is 3.00. The monoisotopic (exact) mass is 372 g/mol. The molecule has 0 spiro atoms. The number of carbonyl (C=O) groups excluding carboxylic acids is 2. The molecule has 3 unspecified atom stereocenters. The molecule has 0 heterocycles. The molecule has 2 rings (SSSR count). The van der Waals surface area contributed by atoms with E-state index in [1.54, 1.807) is 11.8 Å². The highest BCUT2D eigenvalue weighted by Crippen LogP contribution is 2.27. The van der Waals surface area contributed by atoms with Crippen LogP contribution >= 0.6 is 24.2 Å². The Kier molecular flexibility index (Phi) is 8.59. The van der Waals surface area contributed by atoms with Crippen molar-refractivity contribution in [2.45, 2.75) is 42.7 Å². The number of nitrogens with two attached hydrogens (primary N) is 1. The summed E-state index contributed by atoms with van der Waals surface area (Å²) in [5.41, 5.74) is 6.79. The van der Waals surface area contributed by atoms with Gasteiger partial charge in [-0.1, -0.05) is 12.1 Å². The zero-order valence-electron chi connectivity index (χ0n) is 14.0. The molecule has 0 bridgehead atoms. The first-order valence-corrected chi connectivity index (χ1v) is 9.02. The molecule has 7 heteroatoms. The van der Waals surface area contributed by atoms with Crippen LogP contribution in [0.15, 0.2) is 29.2 Å². The molecule has 1 aromatic rings. The predicted molar refractivity (Wildman–Crippen MR) is 98.3 cm³/mol. The van der Waals surface area contributed by atoms with Gasteiger partial charge < -0.3 is 15.8 Å². The highest BCUT2D eigenvalue weighted by Gasteiger charge is 2.30. The fourth-order valence-corrected chi connectivity index (χ4v) is 3.29. The Balaban J connectivity index is 0.00000288. The summed E-state index contributed by atoms with van der Waals surface area (Å²) >= 11 is 1.65. The third-order valence-corrected chi connectivity index (χ3v) is 5.02. The number of ether oxygens (including phenoxy) is 1. The number of hydrogen-bond donors (Lipinski definition) is 2. The Hall–Kier alpha value is -1.24. The van der Waals surface area contributed by atoms with Gasteiger partial charge in [-0.05, 0) is 43.2 Å². The Morgan fingerprint density at radius 2 is 2.00 bits per heavy atom. The van der Waals surface area contributed by atoms with Crippen molar-refractivity contribution in [1.29, 1.82) is 0 Å². The molecule has 1 amide bonds. The van der Waals surface area contributed by atoms with Crippen LogP contribution in [0.4, 0.5) is 0 Å². The number of carbonyl (C=O) groups is 2. The smallest absolute Gasteiger partial charge is 0.307 e. The van der Waals surface area contributed by atoms with Gasteiger partial charge in [-0.15, -0.1) is 24.2 Å². The topological polar surface area (TPSA) is 81.4 Å². The van der Waals surface area contributed by atoms with Gasteiger partial charge in [-0.3, -0.25) is 9.59 Å². The molecule has 3 atom stereocenters. The molecule has 0 radical (unpaired) electrons. The van der Waals surface area contributed by atoms with Crippen LogP contribution in [-0.2, 0) is 14.3 Å². The summed E-state index contributed by atoms with van der Waals surface area (Å²) in [4.78, 5) is 25.3. The summed E-state index contributed by atoms with van der Waals surface area (Å²) in [7, 11) is 1.36. The minimum atomic E-state index is -0.373. The van der Waals surface area contributed by atoms with Crippen LogP contribution in [0.2, 0.25) is 0 Å². The molecule has 0 aromatic heterocycles. The molecular weight excluding hydrogens is 348 g/mol. The van der Waals surface area contributed by atoms with Gasteiger partial charge in [-0.25, -0.2) is 0 Å². The third kappa shape index (κ3) is 5.69. The van der Waals surface area contributed by atoms with E-state index < -0.39 is 0 Å². The largest absolute Gasteiger partial charge is 0.469 e. The molecule has 0 aliphatic heterocycles. The van der Waals surface area contributed by atoms with Crippen LogP contribution < -0.4 is 11.1 Å². The highest BCUT2D eigenvalue weighted by molar-refractivity contribution is 7.98. The Morgan fingerprint density at radius 3 is 2.50 bits per heavy atom. The average molecular weight is 373 g/mol. The van der Waals surface area contributed by atoms with Crippen molar-refractivity contribution >= 4 is 36.0 Å². The molecule has 1 fully saturated rings. The molecule has 1 aliphatic rings. The fourth-order valence-electron chi connectivity index (χ4n) is 2.88. The average Bonchev–Trinajstić information content (AvgIpc) is 3.00. The van der Waals surface area contributed by atoms with Gasteiger partial charge in [0, 0.05) is 16.9 Å². The molecule has 0 saturated heterocycles. The Labute approximate surface area is 153 Å². The molecule has 1 saturated carbocycles. The number of benzene rings is 1. The second-order valence-corrected chi connectivity index (χ2v) is 6.76. The van der Waals surface area contributed by atoms with Crippen molar-refractivity contribution in [3.63, 3.8) is 0 Å². The maximum atomic E-state index is 12.4. The fraction of sp³-hybridized carbons (Fsp3) is 0.529. The van der Waals surface area contributed by atoms with E-state index in [1.807, 2.05) is 30.5 Å². The first-order valence-electron chi connectivity index (χ1n) is 7.80. The van der Waals surface area contributed by atoms with Crippen molar-refractivity contribution in [2.75, 3.05) is 13.4 Å². The number of methoxy groups -OCH3 is 1. The summed E-state index contributed by atoms with van der Waals surface area (Å²) in [5.74, 6) is -0.427. The van der Waals surface area contributed by atoms with Crippen LogP contribution in [0.3, 0.4) is 0 Å². The number of nitrogens with one attached hydrogen (secondary N) is 1. The van der Waals surface area contributed by atoms with Crippen LogP contribution in [0.25, 0.3) is 0 Å². The molecule has 24 heavy (non-hydrogen) atoms. The van der Waals surface area contributed by atoms with Crippen LogP contribution in [-0.4, -0.2) is 31.3 Å². The van der Waals surface area contributed by atoms with E-state index in [4.69, 9.17) is 10.5 Å². The first-order chi connectivity index (χ1) is 11.0. The summed E-state index contributed by atoms with van der Waals surface area (Å²) in [6, 6.07) is 7.60. The van der Waals surface area contributed by atoms with E-state index in [0.717, 1.165) is 23.3 Å². The number of thioether (sulfide) groups is 1.